The van der Waals surface area contributed by atoms with Gasteiger partial charge in [-0.2, -0.15) is 0 Å². The van der Waals surface area contributed by atoms with Crippen molar-refractivity contribution in [3.05, 3.63) is 53.2 Å². The van der Waals surface area contributed by atoms with E-state index in [9.17, 15) is 14.7 Å². The topological polar surface area (TPSA) is 114 Å². The standard InChI is InChI=1S/C28H28N6O3S/c35-24-21(19-15-29-26-17(19)7-14-38-26)22(25(36)32-24)23-18-5-1-2-6-20(18)30-27(31-23)34-12-8-28(37,9-13-34)16-33-10-3-4-11-33/h1-2,5-7,14-15,29,37H,3-4,8-13,16H2,(H,32,35,36). The number of carbonyl (C=O) groups excluding carboxylic acids is 2. The minimum Gasteiger partial charge on any atom is -0.388 e. The van der Waals surface area contributed by atoms with Gasteiger partial charge in [-0.3, -0.25) is 14.9 Å². The molecule has 3 aliphatic heterocycles. The molecule has 7 rings (SSSR count). The fourth-order valence-electron chi connectivity index (χ4n) is 6.03. The van der Waals surface area contributed by atoms with Crippen molar-refractivity contribution >= 4 is 61.4 Å². The molecular weight excluding hydrogens is 500 g/mol. The van der Waals surface area contributed by atoms with Gasteiger partial charge in [0.1, 0.15) is 4.83 Å². The fraction of sp³-hybridized carbons (Fsp3) is 0.357. The average molecular weight is 529 g/mol. The van der Waals surface area contributed by atoms with Crippen LogP contribution in [-0.4, -0.2) is 75.1 Å². The monoisotopic (exact) mass is 528 g/mol. The van der Waals surface area contributed by atoms with Gasteiger partial charge < -0.3 is 19.9 Å². The Balaban J connectivity index is 1.29. The molecule has 0 atom stereocenters. The Hall–Kier alpha value is -3.60. The number of hydrogen-bond donors (Lipinski definition) is 3. The van der Waals surface area contributed by atoms with E-state index in [1.165, 1.54) is 12.8 Å². The number of H-pyrrole nitrogens is 1. The number of hydrogen-bond acceptors (Lipinski definition) is 8. The molecular formula is C28H28N6O3S. The van der Waals surface area contributed by atoms with Crippen LogP contribution in [0.2, 0.25) is 0 Å². The second kappa shape index (κ2) is 9.00. The molecule has 0 saturated carbocycles. The van der Waals surface area contributed by atoms with Crippen LogP contribution in [0.5, 0.6) is 0 Å². The normalized spacial score (nSPS) is 20.3. The van der Waals surface area contributed by atoms with E-state index in [1.54, 1.807) is 17.5 Å². The van der Waals surface area contributed by atoms with Crippen LogP contribution in [0.3, 0.4) is 0 Å². The van der Waals surface area contributed by atoms with Gasteiger partial charge in [-0.1, -0.05) is 18.2 Å². The second-order valence-electron chi connectivity index (χ2n) is 10.5. The first-order valence-electron chi connectivity index (χ1n) is 13.1. The van der Waals surface area contributed by atoms with Crippen LogP contribution in [0.1, 0.15) is 36.9 Å². The summed E-state index contributed by atoms with van der Waals surface area (Å²) in [5, 5.41) is 17.3. The van der Waals surface area contributed by atoms with Gasteiger partial charge in [0.15, 0.2) is 0 Å². The van der Waals surface area contributed by atoms with E-state index in [0.29, 0.717) is 66.2 Å². The Kier molecular flexibility index (Phi) is 5.57. The maximum Gasteiger partial charge on any atom is 0.261 e. The summed E-state index contributed by atoms with van der Waals surface area (Å²) in [4.78, 5) is 44.7. The number of rotatable bonds is 5. The maximum atomic E-state index is 13.2. The van der Waals surface area contributed by atoms with Crippen molar-refractivity contribution in [2.45, 2.75) is 31.3 Å². The summed E-state index contributed by atoms with van der Waals surface area (Å²) in [6.45, 7) is 4.05. The number of aliphatic hydroxyl groups is 1. The number of amides is 2. The largest absolute Gasteiger partial charge is 0.388 e. The highest BCUT2D eigenvalue weighted by Crippen LogP contribution is 2.38. The first-order chi connectivity index (χ1) is 18.5. The number of carbonyl (C=O) groups is 2. The first kappa shape index (κ1) is 23.5. The lowest BCUT2D eigenvalue weighted by Gasteiger charge is -2.40. The van der Waals surface area contributed by atoms with Crippen molar-refractivity contribution < 1.29 is 14.7 Å². The third kappa shape index (κ3) is 3.91. The highest BCUT2D eigenvalue weighted by molar-refractivity contribution is 7.16. The minimum absolute atomic E-state index is 0.268. The van der Waals surface area contributed by atoms with E-state index < -0.39 is 17.4 Å². The lowest BCUT2D eigenvalue weighted by molar-refractivity contribution is -0.122. The van der Waals surface area contributed by atoms with Gasteiger partial charge in [-0.15, -0.1) is 11.3 Å². The zero-order chi connectivity index (χ0) is 25.9. The Bertz CT molecular complexity index is 1610. The smallest absolute Gasteiger partial charge is 0.261 e. The molecule has 0 unspecified atom stereocenters. The molecule has 2 saturated heterocycles. The van der Waals surface area contributed by atoms with Crippen LogP contribution in [-0.2, 0) is 9.59 Å². The number of thiophene rings is 1. The molecule has 38 heavy (non-hydrogen) atoms. The van der Waals surface area contributed by atoms with Crippen molar-refractivity contribution in [2.75, 3.05) is 37.6 Å². The third-order valence-corrected chi connectivity index (χ3v) is 8.87. The van der Waals surface area contributed by atoms with Crippen LogP contribution >= 0.6 is 11.3 Å². The lowest BCUT2D eigenvalue weighted by atomic mass is 9.91. The van der Waals surface area contributed by atoms with Gasteiger partial charge in [0.25, 0.3) is 11.8 Å². The summed E-state index contributed by atoms with van der Waals surface area (Å²) in [5.74, 6) is -0.370. The number of nitrogens with one attached hydrogen (secondary N) is 2. The number of para-hydroxylation sites is 1. The number of piperidine rings is 1. The molecule has 0 radical (unpaired) electrons. The molecule has 0 bridgehead atoms. The molecule has 10 heteroatoms. The van der Waals surface area contributed by atoms with Gasteiger partial charge in [-0.25, -0.2) is 9.97 Å². The number of fused-ring (bicyclic) bond motifs is 2. The molecule has 2 amide bonds. The summed E-state index contributed by atoms with van der Waals surface area (Å²) in [6.07, 6.45) is 5.43. The summed E-state index contributed by atoms with van der Waals surface area (Å²) >= 11 is 1.55. The molecule has 0 aliphatic carbocycles. The molecule has 3 aromatic heterocycles. The number of aromatic nitrogens is 3. The second-order valence-corrected chi connectivity index (χ2v) is 11.4. The average Bonchev–Trinajstić information content (AvgIpc) is 3.70. The summed E-state index contributed by atoms with van der Waals surface area (Å²) in [7, 11) is 0. The number of β-amino-alcohol motifs (C(OH)–C–C–N with tert-alkyl or cyclic N) is 1. The summed E-state index contributed by atoms with van der Waals surface area (Å²) in [5.41, 5.74) is 1.73. The summed E-state index contributed by atoms with van der Waals surface area (Å²) in [6, 6.07) is 9.53. The van der Waals surface area contributed by atoms with Crippen LogP contribution in [0, 0.1) is 0 Å². The molecule has 4 aromatic rings. The zero-order valence-electron chi connectivity index (χ0n) is 20.9. The van der Waals surface area contributed by atoms with Gasteiger partial charge in [-0.05, 0) is 56.3 Å². The van der Waals surface area contributed by atoms with Gasteiger partial charge in [0.05, 0.1) is 28.0 Å². The molecule has 0 spiro atoms. The zero-order valence-corrected chi connectivity index (χ0v) is 21.7. The van der Waals surface area contributed by atoms with Crippen molar-refractivity contribution in [1.29, 1.82) is 0 Å². The number of imide groups is 1. The molecule has 2 fully saturated rings. The highest BCUT2D eigenvalue weighted by Gasteiger charge is 2.38. The predicted octanol–water partition coefficient (Wildman–Crippen LogP) is 3.17. The third-order valence-electron chi connectivity index (χ3n) is 8.03. The van der Waals surface area contributed by atoms with E-state index in [2.05, 4.69) is 20.1 Å². The van der Waals surface area contributed by atoms with Gasteiger partial charge in [0, 0.05) is 42.2 Å². The molecule has 194 valence electrons. The van der Waals surface area contributed by atoms with Gasteiger partial charge in [0.2, 0.25) is 5.95 Å². The highest BCUT2D eigenvalue weighted by atomic mass is 32.1. The van der Waals surface area contributed by atoms with Crippen LogP contribution in [0.4, 0.5) is 5.95 Å². The number of likely N-dealkylation sites (tertiary alicyclic amines) is 1. The Labute approximate surface area is 223 Å². The van der Waals surface area contributed by atoms with Crippen molar-refractivity contribution in [3.8, 4) is 0 Å². The predicted molar refractivity (Wildman–Crippen MR) is 148 cm³/mol. The number of aromatic amines is 1. The molecule has 9 nitrogen and oxygen atoms in total. The van der Waals surface area contributed by atoms with E-state index in [4.69, 9.17) is 9.97 Å². The fourth-order valence-corrected chi connectivity index (χ4v) is 6.80. The lowest BCUT2D eigenvalue weighted by Crippen LogP contribution is -2.50. The van der Waals surface area contributed by atoms with Gasteiger partial charge >= 0.3 is 0 Å². The van der Waals surface area contributed by atoms with Crippen molar-refractivity contribution in [3.63, 3.8) is 0 Å². The Morgan fingerprint density at radius 3 is 2.53 bits per heavy atom. The van der Waals surface area contributed by atoms with Crippen LogP contribution in [0.25, 0.3) is 32.3 Å². The minimum atomic E-state index is -0.714. The first-order valence-corrected chi connectivity index (χ1v) is 14.0. The van der Waals surface area contributed by atoms with Crippen LogP contribution < -0.4 is 10.2 Å². The van der Waals surface area contributed by atoms with Crippen LogP contribution in [0.15, 0.2) is 41.9 Å². The summed E-state index contributed by atoms with van der Waals surface area (Å²) < 4.78 is 0. The molecule has 1 aromatic carbocycles. The van der Waals surface area contributed by atoms with E-state index in [0.717, 1.165) is 23.3 Å². The number of anilines is 1. The van der Waals surface area contributed by atoms with E-state index in [-0.39, 0.29) is 5.57 Å². The SMILES string of the molecule is O=C1NC(=O)C(c2c[nH]c3sccc23)=C1c1nc(N2CCC(O)(CN3CCCC3)CC2)nc2ccccc12. The van der Waals surface area contributed by atoms with E-state index >= 15 is 0 Å². The molecule has 3 N–H and O–H groups in total. The van der Waals surface area contributed by atoms with E-state index in [1.807, 2.05) is 35.7 Å². The Morgan fingerprint density at radius 1 is 0.947 bits per heavy atom. The maximum absolute atomic E-state index is 13.2. The molecule has 3 aliphatic rings. The van der Waals surface area contributed by atoms with Crippen molar-refractivity contribution in [1.82, 2.24) is 25.2 Å². The quantitative estimate of drug-likeness (QED) is 0.341. The van der Waals surface area contributed by atoms with Crippen molar-refractivity contribution in [2.24, 2.45) is 0 Å². The number of benzene rings is 1. The molecule has 6 heterocycles. The Morgan fingerprint density at radius 2 is 1.71 bits per heavy atom. The number of nitrogens with zero attached hydrogens (tertiary/aromatic N) is 4.